The number of aliphatic imine (C=N–C) groups is 1. The zero-order valence-corrected chi connectivity index (χ0v) is 18.8. The summed E-state index contributed by atoms with van der Waals surface area (Å²) >= 11 is 0. The van der Waals surface area contributed by atoms with Crippen LogP contribution in [0.25, 0.3) is 11.3 Å². The van der Waals surface area contributed by atoms with Gasteiger partial charge in [-0.3, -0.25) is 9.89 Å². The van der Waals surface area contributed by atoms with Crippen molar-refractivity contribution >= 4 is 29.9 Å². The fourth-order valence-electron chi connectivity index (χ4n) is 4.20. The van der Waals surface area contributed by atoms with Crippen LogP contribution in [0, 0.1) is 0 Å². The minimum atomic E-state index is 0. The highest BCUT2D eigenvalue weighted by Crippen LogP contribution is 2.26. The van der Waals surface area contributed by atoms with E-state index in [1.165, 1.54) is 38.6 Å². The molecule has 2 aromatic rings. The summed E-state index contributed by atoms with van der Waals surface area (Å²) in [6.07, 6.45) is 6.71. The topological polar surface area (TPSA) is 65.7 Å². The van der Waals surface area contributed by atoms with Gasteiger partial charge in [0.1, 0.15) is 5.69 Å². The van der Waals surface area contributed by atoms with E-state index in [0.717, 1.165) is 35.6 Å². The molecule has 0 radical (unpaired) electrons. The zero-order valence-electron chi connectivity index (χ0n) is 16.4. The van der Waals surface area contributed by atoms with Crippen molar-refractivity contribution in [3.8, 4) is 11.3 Å². The molecule has 1 saturated carbocycles. The molecule has 0 amide bonds. The lowest BCUT2D eigenvalue weighted by Gasteiger charge is -2.24. The van der Waals surface area contributed by atoms with Crippen LogP contribution in [-0.4, -0.2) is 48.2 Å². The first-order valence-electron chi connectivity index (χ1n) is 10.0. The fourth-order valence-corrected chi connectivity index (χ4v) is 4.20. The molecule has 7 heteroatoms. The first-order valence-corrected chi connectivity index (χ1v) is 10.0. The van der Waals surface area contributed by atoms with E-state index in [9.17, 15) is 0 Å². The molecule has 0 bridgehead atoms. The van der Waals surface area contributed by atoms with Crippen LogP contribution in [0.3, 0.4) is 0 Å². The zero-order chi connectivity index (χ0) is 18.5. The number of aromatic nitrogens is 1. The molecular weight excluding hydrogens is 465 g/mol. The van der Waals surface area contributed by atoms with Crippen LogP contribution in [0.5, 0.6) is 0 Å². The highest BCUT2D eigenvalue weighted by molar-refractivity contribution is 14.0. The average molecular weight is 495 g/mol. The summed E-state index contributed by atoms with van der Waals surface area (Å²) < 4.78 is 5.46. The van der Waals surface area contributed by atoms with Crippen LogP contribution in [0.2, 0.25) is 0 Å². The lowest BCUT2D eigenvalue weighted by atomic mass is 10.2. The monoisotopic (exact) mass is 495 g/mol. The summed E-state index contributed by atoms with van der Waals surface area (Å²) in [6, 6.07) is 13.3. The van der Waals surface area contributed by atoms with E-state index in [1.54, 1.807) is 0 Å². The molecule has 1 saturated heterocycles. The molecular formula is C21H30IN5O. The van der Waals surface area contributed by atoms with Crippen molar-refractivity contribution in [1.82, 2.24) is 20.7 Å². The third kappa shape index (κ3) is 5.26. The Labute approximate surface area is 184 Å². The first kappa shape index (κ1) is 21.1. The predicted octanol–water partition coefficient (Wildman–Crippen LogP) is 3.64. The molecule has 6 nitrogen and oxygen atoms in total. The van der Waals surface area contributed by atoms with Crippen molar-refractivity contribution in [3.63, 3.8) is 0 Å². The normalized spacial score (nSPS) is 20.9. The van der Waals surface area contributed by atoms with Crippen LogP contribution in [0.4, 0.5) is 0 Å². The van der Waals surface area contributed by atoms with Crippen LogP contribution >= 0.6 is 24.0 Å². The largest absolute Gasteiger partial charge is 0.356 e. The molecule has 2 heterocycles. The van der Waals surface area contributed by atoms with Gasteiger partial charge < -0.3 is 15.2 Å². The minimum Gasteiger partial charge on any atom is -0.356 e. The van der Waals surface area contributed by atoms with Gasteiger partial charge in [0, 0.05) is 43.9 Å². The summed E-state index contributed by atoms with van der Waals surface area (Å²) in [6.45, 7) is 2.91. The molecule has 1 aromatic heterocycles. The Morgan fingerprint density at radius 3 is 2.75 bits per heavy atom. The van der Waals surface area contributed by atoms with E-state index in [2.05, 4.69) is 25.7 Å². The summed E-state index contributed by atoms with van der Waals surface area (Å²) in [5.74, 6) is 1.62. The Hall–Kier alpha value is -1.61. The molecule has 1 aromatic carbocycles. The maximum atomic E-state index is 5.46. The van der Waals surface area contributed by atoms with Crippen molar-refractivity contribution in [1.29, 1.82) is 0 Å². The smallest absolute Gasteiger partial charge is 0.191 e. The van der Waals surface area contributed by atoms with Gasteiger partial charge in [-0.05, 0) is 19.3 Å². The number of hydrogen-bond acceptors (Lipinski definition) is 4. The van der Waals surface area contributed by atoms with Crippen molar-refractivity contribution in [2.24, 2.45) is 4.99 Å². The van der Waals surface area contributed by atoms with Crippen molar-refractivity contribution in [2.45, 2.75) is 50.7 Å². The minimum absolute atomic E-state index is 0. The van der Waals surface area contributed by atoms with Crippen molar-refractivity contribution < 1.29 is 4.52 Å². The van der Waals surface area contributed by atoms with Crippen molar-refractivity contribution in [3.05, 3.63) is 42.1 Å². The SMILES string of the molecule is CN=C(NCc1cc(-c2ccccc2)on1)NC1CCN(C2CCCC2)C1.I. The van der Waals surface area contributed by atoms with E-state index in [-0.39, 0.29) is 24.0 Å². The number of rotatable bonds is 5. The van der Waals surface area contributed by atoms with Crippen LogP contribution in [-0.2, 0) is 6.54 Å². The Balaban J connectivity index is 0.00000225. The molecule has 4 rings (SSSR count). The number of likely N-dealkylation sites (tertiary alicyclic amines) is 1. The lowest BCUT2D eigenvalue weighted by Crippen LogP contribution is -2.45. The van der Waals surface area contributed by atoms with Gasteiger partial charge in [-0.15, -0.1) is 24.0 Å². The maximum Gasteiger partial charge on any atom is 0.191 e. The van der Waals surface area contributed by atoms with Gasteiger partial charge in [0.25, 0.3) is 0 Å². The van der Waals surface area contributed by atoms with Crippen LogP contribution in [0.1, 0.15) is 37.8 Å². The third-order valence-electron chi connectivity index (χ3n) is 5.68. The summed E-state index contributed by atoms with van der Waals surface area (Å²) in [4.78, 5) is 7.03. The molecule has 1 atom stereocenters. The summed E-state index contributed by atoms with van der Waals surface area (Å²) in [5.41, 5.74) is 1.91. The van der Waals surface area contributed by atoms with Crippen molar-refractivity contribution in [2.75, 3.05) is 20.1 Å². The third-order valence-corrected chi connectivity index (χ3v) is 5.68. The van der Waals surface area contributed by atoms with Gasteiger partial charge in [-0.2, -0.15) is 0 Å². The first-order chi connectivity index (χ1) is 13.3. The lowest BCUT2D eigenvalue weighted by molar-refractivity contribution is 0.242. The number of nitrogens with zero attached hydrogens (tertiary/aromatic N) is 3. The second kappa shape index (κ2) is 10.2. The Kier molecular flexibility index (Phi) is 7.73. The van der Waals surface area contributed by atoms with Gasteiger partial charge >= 0.3 is 0 Å². The molecule has 0 spiro atoms. The summed E-state index contributed by atoms with van der Waals surface area (Å²) in [5, 5.41) is 11.1. The number of halogens is 1. The quantitative estimate of drug-likeness (QED) is 0.377. The van der Waals surface area contributed by atoms with E-state index >= 15 is 0 Å². The second-order valence-corrected chi connectivity index (χ2v) is 7.54. The molecule has 1 aliphatic heterocycles. The van der Waals surface area contributed by atoms with E-state index in [1.807, 2.05) is 43.4 Å². The molecule has 1 unspecified atom stereocenters. The molecule has 1 aliphatic carbocycles. The standard InChI is InChI=1S/C21H29N5O.HI/c1-22-21(24-17-11-12-26(15-17)19-9-5-6-10-19)23-14-18-13-20(27-25-18)16-7-3-2-4-8-16;/h2-4,7-8,13,17,19H,5-6,9-12,14-15H2,1H3,(H2,22,23,24);1H. The van der Waals surface area contributed by atoms with Gasteiger partial charge in [0.15, 0.2) is 11.7 Å². The van der Waals surface area contributed by atoms with Crippen LogP contribution in [0.15, 0.2) is 45.9 Å². The number of guanidine groups is 1. The fraction of sp³-hybridized carbons (Fsp3) is 0.524. The summed E-state index contributed by atoms with van der Waals surface area (Å²) in [7, 11) is 1.82. The molecule has 28 heavy (non-hydrogen) atoms. The van der Waals surface area contributed by atoms with E-state index in [4.69, 9.17) is 4.52 Å². The molecule has 2 N–H and O–H groups in total. The van der Waals surface area contributed by atoms with Gasteiger partial charge in [0.2, 0.25) is 0 Å². The van der Waals surface area contributed by atoms with Gasteiger partial charge in [-0.1, -0.05) is 48.3 Å². The predicted molar refractivity (Wildman–Crippen MR) is 123 cm³/mol. The van der Waals surface area contributed by atoms with Crippen LogP contribution < -0.4 is 10.6 Å². The molecule has 152 valence electrons. The number of benzene rings is 1. The Bertz CT molecular complexity index is 757. The molecule has 2 fully saturated rings. The van der Waals surface area contributed by atoms with E-state index in [0.29, 0.717) is 12.6 Å². The number of hydrogen-bond donors (Lipinski definition) is 2. The maximum absolute atomic E-state index is 5.46. The number of nitrogens with one attached hydrogen (secondary N) is 2. The van der Waals surface area contributed by atoms with Gasteiger partial charge in [0.05, 0.1) is 6.54 Å². The average Bonchev–Trinajstić information content (AvgIpc) is 3.47. The van der Waals surface area contributed by atoms with Gasteiger partial charge in [-0.25, -0.2) is 0 Å². The highest BCUT2D eigenvalue weighted by atomic mass is 127. The molecule has 2 aliphatic rings. The Morgan fingerprint density at radius 2 is 2.00 bits per heavy atom. The Morgan fingerprint density at radius 1 is 1.21 bits per heavy atom. The van der Waals surface area contributed by atoms with E-state index < -0.39 is 0 Å². The second-order valence-electron chi connectivity index (χ2n) is 7.54. The highest BCUT2D eigenvalue weighted by Gasteiger charge is 2.30.